The molecule has 0 aromatic heterocycles. The zero-order valence-corrected chi connectivity index (χ0v) is 13.1. The lowest BCUT2D eigenvalue weighted by Crippen LogP contribution is -2.25. The summed E-state index contributed by atoms with van der Waals surface area (Å²) >= 11 is 0. The normalized spacial score (nSPS) is 22.5. The monoisotopic (exact) mass is 288 g/mol. The Balaban J connectivity index is 1.86. The van der Waals surface area contributed by atoms with E-state index in [9.17, 15) is 0 Å². The first-order chi connectivity index (χ1) is 10.7. The predicted molar refractivity (Wildman–Crippen MR) is 92.0 cm³/mol. The Morgan fingerprint density at radius 3 is 2.64 bits per heavy atom. The Morgan fingerprint density at radius 2 is 1.86 bits per heavy atom. The summed E-state index contributed by atoms with van der Waals surface area (Å²) in [5, 5.41) is 0. The summed E-state index contributed by atoms with van der Waals surface area (Å²) < 4.78 is 5.39. The standard InChI is InChI=1S/C21H20O/c1-21-12-6-9-18(15-7-4-3-5-8-15)20(21)14-16-13-17(22-2)10-11-19(16)21/h3-5,7-11,13-14H,6,12H2,1-2H3. The molecule has 1 nitrogen and oxygen atoms in total. The Kier molecular flexibility index (Phi) is 2.97. The van der Waals surface area contributed by atoms with Gasteiger partial charge >= 0.3 is 0 Å². The summed E-state index contributed by atoms with van der Waals surface area (Å²) in [7, 11) is 1.73. The average molecular weight is 288 g/mol. The molecule has 110 valence electrons. The van der Waals surface area contributed by atoms with E-state index in [4.69, 9.17) is 4.74 Å². The van der Waals surface area contributed by atoms with E-state index in [0.29, 0.717) is 0 Å². The van der Waals surface area contributed by atoms with E-state index < -0.39 is 0 Å². The smallest absolute Gasteiger partial charge is 0.119 e. The molecule has 0 saturated carbocycles. The lowest BCUT2D eigenvalue weighted by molar-refractivity contribution is 0.414. The molecule has 22 heavy (non-hydrogen) atoms. The molecule has 2 aliphatic carbocycles. The van der Waals surface area contributed by atoms with Crippen molar-refractivity contribution in [1.29, 1.82) is 0 Å². The molecular weight excluding hydrogens is 268 g/mol. The minimum Gasteiger partial charge on any atom is -0.497 e. The van der Waals surface area contributed by atoms with Gasteiger partial charge in [0, 0.05) is 5.41 Å². The molecule has 0 saturated heterocycles. The summed E-state index contributed by atoms with van der Waals surface area (Å²) in [5.41, 5.74) is 7.03. The molecule has 0 N–H and O–H groups in total. The maximum absolute atomic E-state index is 5.39. The van der Waals surface area contributed by atoms with Gasteiger partial charge in [-0.25, -0.2) is 0 Å². The van der Waals surface area contributed by atoms with Crippen LogP contribution in [0.1, 0.15) is 36.5 Å². The van der Waals surface area contributed by atoms with Gasteiger partial charge in [0.1, 0.15) is 5.75 Å². The van der Waals surface area contributed by atoms with Crippen LogP contribution < -0.4 is 4.74 Å². The highest BCUT2D eigenvalue weighted by Crippen LogP contribution is 2.53. The number of hydrogen-bond donors (Lipinski definition) is 0. The van der Waals surface area contributed by atoms with Crippen LogP contribution in [-0.4, -0.2) is 7.11 Å². The number of fused-ring (bicyclic) bond motifs is 3. The maximum atomic E-state index is 5.39. The molecule has 0 aliphatic heterocycles. The van der Waals surface area contributed by atoms with Crippen LogP contribution in [0.2, 0.25) is 0 Å². The number of allylic oxidation sites excluding steroid dienone is 3. The molecule has 2 aromatic rings. The van der Waals surface area contributed by atoms with Crippen LogP contribution in [-0.2, 0) is 5.41 Å². The van der Waals surface area contributed by atoms with Gasteiger partial charge in [0.15, 0.2) is 0 Å². The Labute approximate surface area is 131 Å². The summed E-state index contributed by atoms with van der Waals surface area (Å²) in [6.45, 7) is 2.38. The van der Waals surface area contributed by atoms with E-state index >= 15 is 0 Å². The second kappa shape index (κ2) is 4.88. The van der Waals surface area contributed by atoms with Crippen molar-refractivity contribution in [3.8, 4) is 5.75 Å². The third-order valence-corrected chi connectivity index (χ3v) is 5.12. The molecule has 0 bridgehead atoms. The molecule has 4 rings (SSSR count). The van der Waals surface area contributed by atoms with Crippen molar-refractivity contribution in [2.24, 2.45) is 0 Å². The van der Waals surface area contributed by atoms with Gasteiger partial charge in [0.2, 0.25) is 0 Å². The number of hydrogen-bond acceptors (Lipinski definition) is 1. The van der Waals surface area contributed by atoms with Gasteiger partial charge in [0.05, 0.1) is 7.11 Å². The quantitative estimate of drug-likeness (QED) is 0.735. The Bertz CT molecular complexity index is 783. The molecule has 2 aromatic carbocycles. The predicted octanol–water partition coefficient (Wildman–Crippen LogP) is 5.23. The lowest BCUT2D eigenvalue weighted by atomic mass is 9.69. The highest BCUT2D eigenvalue weighted by Gasteiger charge is 2.40. The van der Waals surface area contributed by atoms with Gasteiger partial charge in [-0.3, -0.25) is 0 Å². The van der Waals surface area contributed by atoms with Crippen LogP contribution in [0.15, 0.2) is 60.2 Å². The third-order valence-electron chi connectivity index (χ3n) is 5.12. The first-order valence-electron chi connectivity index (χ1n) is 7.89. The third kappa shape index (κ3) is 1.85. The summed E-state index contributed by atoms with van der Waals surface area (Å²) in [6, 6.07) is 17.2. The Hall–Kier alpha value is -2.28. The molecular formula is C21H20O. The number of benzene rings is 2. The van der Waals surface area contributed by atoms with Crippen molar-refractivity contribution >= 4 is 11.6 Å². The van der Waals surface area contributed by atoms with Gasteiger partial charge in [-0.1, -0.05) is 49.4 Å². The number of methoxy groups -OCH3 is 1. The van der Waals surface area contributed by atoms with Crippen LogP contribution in [0.5, 0.6) is 5.75 Å². The van der Waals surface area contributed by atoms with Crippen LogP contribution in [0, 0.1) is 0 Å². The number of rotatable bonds is 2. The van der Waals surface area contributed by atoms with Crippen molar-refractivity contribution in [3.63, 3.8) is 0 Å². The average Bonchev–Trinajstić information content (AvgIpc) is 2.87. The highest BCUT2D eigenvalue weighted by atomic mass is 16.5. The second-order valence-corrected chi connectivity index (χ2v) is 6.37. The van der Waals surface area contributed by atoms with E-state index in [0.717, 1.165) is 12.2 Å². The molecule has 1 unspecified atom stereocenters. The minimum absolute atomic E-state index is 0.127. The molecule has 1 heteroatoms. The second-order valence-electron chi connectivity index (χ2n) is 6.37. The van der Waals surface area contributed by atoms with Gasteiger partial charge in [-0.15, -0.1) is 0 Å². The van der Waals surface area contributed by atoms with Gasteiger partial charge < -0.3 is 4.74 Å². The van der Waals surface area contributed by atoms with Crippen molar-refractivity contribution in [2.45, 2.75) is 25.2 Å². The van der Waals surface area contributed by atoms with Gasteiger partial charge in [-0.2, -0.15) is 0 Å². The van der Waals surface area contributed by atoms with Crippen LogP contribution in [0.4, 0.5) is 0 Å². The fraction of sp³-hybridized carbons (Fsp3) is 0.238. The molecule has 0 amide bonds. The Morgan fingerprint density at radius 1 is 1.05 bits per heavy atom. The highest BCUT2D eigenvalue weighted by molar-refractivity contribution is 5.92. The summed E-state index contributed by atoms with van der Waals surface area (Å²) in [5.74, 6) is 0.933. The zero-order valence-electron chi connectivity index (χ0n) is 13.1. The van der Waals surface area contributed by atoms with E-state index in [-0.39, 0.29) is 5.41 Å². The van der Waals surface area contributed by atoms with Crippen LogP contribution >= 0.6 is 0 Å². The summed E-state index contributed by atoms with van der Waals surface area (Å²) in [6.07, 6.45) is 7.06. The topological polar surface area (TPSA) is 9.23 Å². The maximum Gasteiger partial charge on any atom is 0.119 e. The van der Waals surface area contributed by atoms with Crippen molar-refractivity contribution in [2.75, 3.05) is 7.11 Å². The largest absolute Gasteiger partial charge is 0.497 e. The fourth-order valence-corrected chi connectivity index (χ4v) is 3.90. The van der Waals surface area contributed by atoms with Gasteiger partial charge in [-0.05, 0) is 58.9 Å². The van der Waals surface area contributed by atoms with Crippen molar-refractivity contribution in [3.05, 3.63) is 76.9 Å². The first-order valence-corrected chi connectivity index (χ1v) is 7.89. The summed E-state index contributed by atoms with van der Waals surface area (Å²) in [4.78, 5) is 0. The molecule has 0 fully saturated rings. The fourth-order valence-electron chi connectivity index (χ4n) is 3.90. The van der Waals surface area contributed by atoms with Crippen LogP contribution in [0.3, 0.4) is 0 Å². The van der Waals surface area contributed by atoms with Crippen molar-refractivity contribution < 1.29 is 4.74 Å². The van der Waals surface area contributed by atoms with Crippen molar-refractivity contribution in [1.82, 2.24) is 0 Å². The molecule has 2 aliphatic rings. The lowest BCUT2D eigenvalue weighted by Gasteiger charge is -2.34. The molecule has 0 heterocycles. The SMILES string of the molecule is COc1ccc2c(c1)C=C1C(c3ccccc3)=CCCC12C. The molecule has 1 atom stereocenters. The molecule has 0 spiro atoms. The van der Waals surface area contributed by atoms with E-state index in [1.165, 1.54) is 34.3 Å². The van der Waals surface area contributed by atoms with Gasteiger partial charge in [0.25, 0.3) is 0 Å². The van der Waals surface area contributed by atoms with E-state index in [2.05, 4.69) is 67.6 Å². The van der Waals surface area contributed by atoms with Crippen LogP contribution in [0.25, 0.3) is 11.6 Å². The van der Waals surface area contributed by atoms with E-state index in [1.807, 2.05) is 0 Å². The minimum atomic E-state index is 0.127. The molecule has 0 radical (unpaired) electrons. The zero-order chi connectivity index (χ0) is 15.2. The van der Waals surface area contributed by atoms with E-state index in [1.54, 1.807) is 7.11 Å². The number of ether oxygens (including phenoxy) is 1. The first kappa shape index (κ1) is 13.4.